The Labute approximate surface area is 186 Å². The number of fused-ring (bicyclic) bond motifs is 1. The molecule has 0 saturated carbocycles. The number of carbonyl (C=O) groups is 2. The normalized spacial score (nSPS) is 14.1. The van der Waals surface area contributed by atoms with Gasteiger partial charge in [0.1, 0.15) is 17.2 Å². The minimum absolute atomic E-state index is 0.0846. The van der Waals surface area contributed by atoms with Crippen LogP contribution in [0.4, 0.5) is 4.39 Å². The van der Waals surface area contributed by atoms with Gasteiger partial charge < -0.3 is 9.80 Å². The standard InChI is InChI=1S/C21H19ClFN5O4/c1-25-17-13(18(29)26(2)21(25)32)4-6-16(24-17)20(31)28-9-7-27(8-10-28)19(30)14-11-12(22)3-5-15(14)23/h3-6,11H,7-10H2,1-2H3. The lowest BCUT2D eigenvalue weighted by Crippen LogP contribution is -2.51. The van der Waals surface area contributed by atoms with Crippen LogP contribution in [0.1, 0.15) is 20.8 Å². The Hall–Kier alpha value is -3.53. The molecule has 1 aliphatic heterocycles. The zero-order chi connectivity index (χ0) is 23.2. The van der Waals surface area contributed by atoms with Crippen molar-refractivity contribution in [1.29, 1.82) is 0 Å². The van der Waals surface area contributed by atoms with Crippen LogP contribution >= 0.6 is 11.6 Å². The van der Waals surface area contributed by atoms with Crippen LogP contribution < -0.4 is 11.2 Å². The van der Waals surface area contributed by atoms with Crippen molar-refractivity contribution in [2.24, 2.45) is 14.1 Å². The molecule has 32 heavy (non-hydrogen) atoms. The molecule has 3 aromatic rings. The van der Waals surface area contributed by atoms with Gasteiger partial charge in [-0.1, -0.05) is 11.6 Å². The van der Waals surface area contributed by atoms with E-state index in [2.05, 4.69) is 4.98 Å². The molecule has 9 nitrogen and oxygen atoms in total. The first-order valence-electron chi connectivity index (χ1n) is 9.79. The molecule has 0 aliphatic carbocycles. The zero-order valence-corrected chi connectivity index (χ0v) is 18.1. The fraction of sp³-hybridized carbons (Fsp3) is 0.286. The maximum Gasteiger partial charge on any atom is 0.332 e. The number of rotatable bonds is 2. The average molecular weight is 460 g/mol. The number of carbonyl (C=O) groups excluding carboxylic acids is 2. The van der Waals surface area contributed by atoms with Crippen molar-refractivity contribution < 1.29 is 14.0 Å². The molecule has 0 unspecified atom stereocenters. The summed E-state index contributed by atoms with van der Waals surface area (Å²) in [5, 5.41) is 0.486. The summed E-state index contributed by atoms with van der Waals surface area (Å²) in [5.41, 5.74) is -0.943. The molecule has 1 aromatic carbocycles. The van der Waals surface area contributed by atoms with Gasteiger partial charge in [-0.15, -0.1) is 0 Å². The summed E-state index contributed by atoms with van der Waals surface area (Å²) < 4.78 is 16.2. The molecule has 0 radical (unpaired) electrons. The Morgan fingerprint density at radius 3 is 2.22 bits per heavy atom. The van der Waals surface area contributed by atoms with Gasteiger partial charge in [-0.2, -0.15) is 0 Å². The molecule has 2 amide bonds. The van der Waals surface area contributed by atoms with Crippen LogP contribution in [-0.2, 0) is 14.1 Å². The number of pyridine rings is 1. The van der Waals surface area contributed by atoms with Gasteiger partial charge in [-0.05, 0) is 30.3 Å². The third-order valence-corrected chi connectivity index (χ3v) is 5.77. The largest absolute Gasteiger partial charge is 0.335 e. The Bertz CT molecular complexity index is 1380. The maximum atomic E-state index is 14.0. The van der Waals surface area contributed by atoms with E-state index in [4.69, 9.17) is 11.6 Å². The van der Waals surface area contributed by atoms with Gasteiger partial charge in [0, 0.05) is 45.3 Å². The molecule has 0 bridgehead atoms. The first kappa shape index (κ1) is 21.7. The maximum absolute atomic E-state index is 14.0. The summed E-state index contributed by atoms with van der Waals surface area (Å²) in [6, 6.07) is 6.70. The molecule has 166 valence electrons. The van der Waals surface area contributed by atoms with E-state index >= 15 is 0 Å². The van der Waals surface area contributed by atoms with Crippen molar-refractivity contribution in [3.8, 4) is 0 Å². The zero-order valence-electron chi connectivity index (χ0n) is 17.3. The van der Waals surface area contributed by atoms with E-state index in [1.165, 1.54) is 52.7 Å². The van der Waals surface area contributed by atoms with Gasteiger partial charge in [0.25, 0.3) is 17.4 Å². The smallest absolute Gasteiger partial charge is 0.332 e. The van der Waals surface area contributed by atoms with Gasteiger partial charge in [0.2, 0.25) is 0 Å². The topological polar surface area (TPSA) is 97.5 Å². The number of nitrogens with zero attached hydrogens (tertiary/aromatic N) is 5. The summed E-state index contributed by atoms with van der Waals surface area (Å²) >= 11 is 5.87. The van der Waals surface area contributed by atoms with E-state index in [1.54, 1.807) is 0 Å². The van der Waals surface area contributed by atoms with E-state index in [0.717, 1.165) is 10.6 Å². The van der Waals surface area contributed by atoms with Gasteiger partial charge >= 0.3 is 5.69 Å². The number of hydrogen-bond donors (Lipinski definition) is 0. The number of aromatic nitrogens is 3. The van der Waals surface area contributed by atoms with Crippen molar-refractivity contribution in [3.63, 3.8) is 0 Å². The Morgan fingerprint density at radius 1 is 0.938 bits per heavy atom. The highest BCUT2D eigenvalue weighted by Gasteiger charge is 2.28. The fourth-order valence-electron chi connectivity index (χ4n) is 3.68. The minimum Gasteiger partial charge on any atom is -0.335 e. The van der Waals surface area contributed by atoms with E-state index in [0.29, 0.717) is 0 Å². The lowest BCUT2D eigenvalue weighted by molar-refractivity contribution is 0.0530. The predicted octanol–water partition coefficient (Wildman–Crippen LogP) is 1.02. The number of amides is 2. The lowest BCUT2D eigenvalue weighted by atomic mass is 10.1. The highest BCUT2D eigenvalue weighted by Crippen LogP contribution is 2.18. The molecule has 1 saturated heterocycles. The first-order valence-corrected chi connectivity index (χ1v) is 10.2. The second-order valence-corrected chi connectivity index (χ2v) is 7.92. The number of benzene rings is 1. The summed E-state index contributed by atoms with van der Waals surface area (Å²) in [4.78, 5) is 57.3. The molecule has 2 aromatic heterocycles. The van der Waals surface area contributed by atoms with Crippen LogP contribution in [0, 0.1) is 5.82 Å². The van der Waals surface area contributed by atoms with Gasteiger partial charge in [-0.3, -0.25) is 23.5 Å². The quantitative estimate of drug-likeness (QED) is 0.570. The van der Waals surface area contributed by atoms with Crippen LogP contribution in [0.15, 0.2) is 39.9 Å². The number of piperazine rings is 1. The van der Waals surface area contributed by atoms with Crippen molar-refractivity contribution in [2.45, 2.75) is 0 Å². The minimum atomic E-state index is -0.657. The summed E-state index contributed by atoms with van der Waals surface area (Å²) in [6.45, 7) is 0.871. The molecule has 0 spiro atoms. The molecule has 0 N–H and O–H groups in total. The second kappa shape index (κ2) is 8.19. The van der Waals surface area contributed by atoms with Crippen LogP contribution in [0.5, 0.6) is 0 Å². The molecular weight excluding hydrogens is 441 g/mol. The summed E-state index contributed by atoms with van der Waals surface area (Å²) in [6.07, 6.45) is 0. The van der Waals surface area contributed by atoms with Crippen molar-refractivity contribution in [1.82, 2.24) is 23.9 Å². The average Bonchev–Trinajstić information content (AvgIpc) is 2.81. The van der Waals surface area contributed by atoms with E-state index < -0.39 is 23.0 Å². The monoisotopic (exact) mass is 459 g/mol. The molecule has 1 fully saturated rings. The Kier molecular flexibility index (Phi) is 5.55. The molecule has 4 rings (SSSR count). The van der Waals surface area contributed by atoms with E-state index in [-0.39, 0.29) is 59.4 Å². The molecular formula is C21H19ClFN5O4. The number of aryl methyl sites for hydroxylation is 1. The highest BCUT2D eigenvalue weighted by atomic mass is 35.5. The Balaban J connectivity index is 1.53. The van der Waals surface area contributed by atoms with Crippen LogP contribution in [-0.4, -0.2) is 61.9 Å². The third-order valence-electron chi connectivity index (χ3n) is 5.53. The SMILES string of the molecule is Cn1c(=O)c2ccc(C(=O)N3CCN(C(=O)c4cc(Cl)ccc4F)CC3)nc2n(C)c1=O. The number of halogens is 2. The van der Waals surface area contributed by atoms with Crippen LogP contribution in [0.3, 0.4) is 0 Å². The van der Waals surface area contributed by atoms with E-state index in [1.807, 2.05) is 0 Å². The van der Waals surface area contributed by atoms with Gasteiger partial charge in [-0.25, -0.2) is 14.2 Å². The number of hydrogen-bond acceptors (Lipinski definition) is 5. The summed E-state index contributed by atoms with van der Waals surface area (Å²) in [7, 11) is 2.85. The first-order chi connectivity index (χ1) is 15.2. The molecule has 3 heterocycles. The van der Waals surface area contributed by atoms with Crippen LogP contribution in [0.2, 0.25) is 5.02 Å². The molecule has 0 atom stereocenters. The second-order valence-electron chi connectivity index (χ2n) is 7.48. The van der Waals surface area contributed by atoms with Gasteiger partial charge in [0.15, 0.2) is 0 Å². The summed E-state index contributed by atoms with van der Waals surface area (Å²) in [5.74, 6) is -1.54. The lowest BCUT2D eigenvalue weighted by Gasteiger charge is -2.34. The molecule has 1 aliphatic rings. The third kappa shape index (κ3) is 3.66. The van der Waals surface area contributed by atoms with E-state index in [9.17, 15) is 23.6 Å². The van der Waals surface area contributed by atoms with Crippen molar-refractivity contribution in [2.75, 3.05) is 26.2 Å². The fourth-order valence-corrected chi connectivity index (χ4v) is 3.85. The highest BCUT2D eigenvalue weighted by molar-refractivity contribution is 6.31. The Morgan fingerprint density at radius 2 is 1.56 bits per heavy atom. The molecule has 11 heteroatoms. The van der Waals surface area contributed by atoms with Crippen molar-refractivity contribution >= 4 is 34.4 Å². The van der Waals surface area contributed by atoms with Crippen LogP contribution in [0.25, 0.3) is 11.0 Å². The van der Waals surface area contributed by atoms with Gasteiger partial charge in [0.05, 0.1) is 10.9 Å². The van der Waals surface area contributed by atoms with Crippen molar-refractivity contribution in [3.05, 3.63) is 73.3 Å². The predicted molar refractivity (Wildman–Crippen MR) is 115 cm³/mol.